The Morgan fingerprint density at radius 3 is 2.75 bits per heavy atom. The molecule has 1 unspecified atom stereocenters. The Bertz CT molecular complexity index is 1100. The summed E-state index contributed by atoms with van der Waals surface area (Å²) in [5.74, 6) is 1.22. The summed E-state index contributed by atoms with van der Waals surface area (Å²) in [4.78, 5) is 14.8. The first-order valence-electron chi connectivity index (χ1n) is 10.8. The molecule has 0 saturated heterocycles. The lowest BCUT2D eigenvalue weighted by Gasteiger charge is -2.28. The van der Waals surface area contributed by atoms with Gasteiger partial charge in [0, 0.05) is 47.8 Å². The maximum Gasteiger partial charge on any atom is 0.286 e. The number of furan rings is 1. The van der Waals surface area contributed by atoms with Gasteiger partial charge >= 0.3 is 0 Å². The van der Waals surface area contributed by atoms with Crippen molar-refractivity contribution < 1.29 is 13.4 Å². The number of halogens is 1. The zero-order valence-corrected chi connectivity index (χ0v) is 19.5. The molecule has 1 amide bonds. The summed E-state index contributed by atoms with van der Waals surface area (Å²) >= 11 is 5.98. The topological polar surface area (TPSA) is 62.6 Å². The van der Waals surface area contributed by atoms with Gasteiger partial charge in [-0.05, 0) is 53.8 Å². The van der Waals surface area contributed by atoms with Crippen LogP contribution in [-0.4, -0.2) is 34.7 Å². The van der Waals surface area contributed by atoms with Crippen LogP contribution in [0.3, 0.4) is 0 Å². The molecule has 5 nitrogen and oxygen atoms in total. The Hall–Kier alpha value is -2.41. The lowest BCUT2D eigenvalue weighted by molar-refractivity contribution is 0.0922. The van der Waals surface area contributed by atoms with E-state index in [4.69, 9.17) is 16.0 Å². The van der Waals surface area contributed by atoms with Gasteiger partial charge in [-0.3, -0.25) is 13.9 Å². The molecule has 1 aliphatic rings. The number of hydrogen-bond donors (Lipinski definition) is 1. The van der Waals surface area contributed by atoms with Gasteiger partial charge in [0.25, 0.3) is 5.91 Å². The van der Waals surface area contributed by atoms with Gasteiger partial charge < -0.3 is 9.73 Å². The zero-order valence-electron chi connectivity index (χ0n) is 17.9. The van der Waals surface area contributed by atoms with E-state index >= 15 is 0 Å². The fraction of sp³-hybridized carbons (Fsp3) is 0.320. The number of carbonyl (C=O) groups excluding carboxylic acids is 1. The Kier molecular flexibility index (Phi) is 7.79. The molecule has 0 aliphatic carbocycles. The predicted octanol–water partition coefficient (Wildman–Crippen LogP) is 4.56. The highest BCUT2D eigenvalue weighted by Gasteiger charge is 2.16. The Balaban J connectivity index is 1.18. The minimum atomic E-state index is -1.15. The van der Waals surface area contributed by atoms with Crippen LogP contribution in [-0.2, 0) is 35.3 Å². The van der Waals surface area contributed by atoms with Crippen LogP contribution in [0, 0.1) is 0 Å². The molecule has 0 bridgehead atoms. The van der Waals surface area contributed by atoms with Gasteiger partial charge in [-0.25, -0.2) is 0 Å². The van der Waals surface area contributed by atoms with E-state index in [2.05, 4.69) is 34.5 Å². The second kappa shape index (κ2) is 10.9. The van der Waals surface area contributed by atoms with E-state index in [0.29, 0.717) is 23.1 Å². The van der Waals surface area contributed by atoms with Crippen LogP contribution in [0.25, 0.3) is 0 Å². The molecule has 2 aromatic carbocycles. The number of carbonyl (C=O) groups is 1. The first-order valence-corrected chi connectivity index (χ1v) is 12.7. The highest BCUT2D eigenvalue weighted by molar-refractivity contribution is 7.83. The zero-order chi connectivity index (χ0) is 22.3. The Labute approximate surface area is 196 Å². The highest BCUT2D eigenvalue weighted by atomic mass is 35.5. The van der Waals surface area contributed by atoms with Crippen LogP contribution >= 0.6 is 11.6 Å². The van der Waals surface area contributed by atoms with Crippen molar-refractivity contribution in [3.8, 4) is 0 Å². The maximum absolute atomic E-state index is 12.4. The second-order valence-corrected chi connectivity index (χ2v) is 9.92. The van der Waals surface area contributed by atoms with Gasteiger partial charge in [0.15, 0.2) is 5.76 Å². The van der Waals surface area contributed by atoms with Crippen LogP contribution in [0.4, 0.5) is 0 Å². The van der Waals surface area contributed by atoms with E-state index in [1.807, 2.05) is 18.2 Å². The average Bonchev–Trinajstić information content (AvgIpc) is 3.25. The molecular formula is C25H27ClN2O3S. The molecular weight excluding hydrogens is 444 g/mol. The molecule has 2 heterocycles. The molecule has 1 aromatic heterocycles. The van der Waals surface area contributed by atoms with Crippen molar-refractivity contribution >= 4 is 28.3 Å². The minimum absolute atomic E-state index is 0.235. The van der Waals surface area contributed by atoms with E-state index in [1.54, 1.807) is 18.2 Å². The number of amides is 1. The normalized spacial score (nSPS) is 14.7. The monoisotopic (exact) mass is 470 g/mol. The predicted molar refractivity (Wildman–Crippen MR) is 128 cm³/mol. The third-order valence-corrected chi connectivity index (χ3v) is 7.05. The van der Waals surface area contributed by atoms with Gasteiger partial charge in [-0.1, -0.05) is 48.0 Å². The minimum Gasteiger partial charge on any atom is -0.455 e. The summed E-state index contributed by atoms with van der Waals surface area (Å²) in [6, 6.07) is 19.3. The van der Waals surface area contributed by atoms with Crippen molar-refractivity contribution in [3.05, 3.63) is 93.9 Å². The van der Waals surface area contributed by atoms with Crippen molar-refractivity contribution in [2.24, 2.45) is 0 Å². The summed E-state index contributed by atoms with van der Waals surface area (Å²) in [5.41, 5.74) is 3.76. The SMILES string of the molecule is O=C(NCCCN1CCc2ccccc2C1)c1ccc(CS(=O)Cc2cccc(Cl)c2)o1. The summed E-state index contributed by atoms with van der Waals surface area (Å²) in [5, 5.41) is 3.55. The lowest BCUT2D eigenvalue weighted by Crippen LogP contribution is -2.33. The van der Waals surface area contributed by atoms with Gasteiger partial charge in [0.1, 0.15) is 5.76 Å². The highest BCUT2D eigenvalue weighted by Crippen LogP contribution is 2.18. The van der Waals surface area contributed by atoms with Gasteiger partial charge in [0.2, 0.25) is 0 Å². The smallest absolute Gasteiger partial charge is 0.286 e. The van der Waals surface area contributed by atoms with Crippen molar-refractivity contribution in [3.63, 3.8) is 0 Å². The number of fused-ring (bicyclic) bond motifs is 1. The molecule has 4 rings (SSSR count). The second-order valence-electron chi connectivity index (χ2n) is 8.03. The molecule has 0 saturated carbocycles. The van der Waals surface area contributed by atoms with E-state index < -0.39 is 10.8 Å². The molecule has 1 N–H and O–H groups in total. The van der Waals surface area contributed by atoms with Gasteiger partial charge in [-0.2, -0.15) is 0 Å². The fourth-order valence-corrected chi connectivity index (χ4v) is 5.28. The standard InChI is InChI=1S/C25H27ClN2O3S/c26-22-8-3-5-19(15-22)17-32(30)18-23-9-10-24(31-23)25(29)27-12-4-13-28-14-11-20-6-1-2-7-21(20)16-28/h1-3,5-10,15H,4,11-14,16-18H2,(H,27,29). The van der Waals surface area contributed by atoms with Crippen LogP contribution in [0.2, 0.25) is 5.02 Å². The third-order valence-electron chi connectivity index (χ3n) is 5.55. The van der Waals surface area contributed by atoms with Crippen LogP contribution < -0.4 is 5.32 Å². The molecule has 168 valence electrons. The molecule has 3 aromatic rings. The Morgan fingerprint density at radius 1 is 1.06 bits per heavy atom. The van der Waals surface area contributed by atoms with Crippen molar-refractivity contribution in [2.75, 3.05) is 19.6 Å². The van der Waals surface area contributed by atoms with E-state index in [0.717, 1.165) is 38.0 Å². The van der Waals surface area contributed by atoms with Crippen molar-refractivity contribution in [2.45, 2.75) is 30.9 Å². The Morgan fingerprint density at radius 2 is 1.91 bits per heavy atom. The first kappa shape index (κ1) is 22.8. The first-order chi connectivity index (χ1) is 15.6. The molecule has 32 heavy (non-hydrogen) atoms. The van der Waals surface area contributed by atoms with E-state index in [1.165, 1.54) is 11.1 Å². The van der Waals surface area contributed by atoms with Crippen molar-refractivity contribution in [1.29, 1.82) is 0 Å². The lowest BCUT2D eigenvalue weighted by atomic mass is 10.00. The molecule has 0 spiro atoms. The molecule has 1 atom stereocenters. The summed E-state index contributed by atoms with van der Waals surface area (Å²) in [6.07, 6.45) is 1.96. The summed E-state index contributed by atoms with van der Waals surface area (Å²) in [6.45, 7) is 3.56. The number of hydrogen-bond acceptors (Lipinski definition) is 4. The van der Waals surface area contributed by atoms with Gasteiger partial charge in [-0.15, -0.1) is 0 Å². The van der Waals surface area contributed by atoms with Crippen LogP contribution in [0.1, 0.15) is 39.4 Å². The molecule has 1 aliphatic heterocycles. The quantitative estimate of drug-likeness (QED) is 0.466. The third kappa shape index (κ3) is 6.31. The fourth-order valence-electron chi connectivity index (χ4n) is 3.94. The van der Waals surface area contributed by atoms with Crippen LogP contribution in [0.15, 0.2) is 65.1 Å². The maximum atomic E-state index is 12.4. The number of rotatable bonds is 9. The van der Waals surface area contributed by atoms with Crippen LogP contribution in [0.5, 0.6) is 0 Å². The molecule has 7 heteroatoms. The van der Waals surface area contributed by atoms with E-state index in [-0.39, 0.29) is 17.4 Å². The summed E-state index contributed by atoms with van der Waals surface area (Å²) in [7, 11) is -1.15. The van der Waals surface area contributed by atoms with Gasteiger partial charge in [0.05, 0.1) is 5.75 Å². The largest absolute Gasteiger partial charge is 0.455 e. The number of nitrogens with zero attached hydrogens (tertiary/aromatic N) is 1. The molecule has 0 fully saturated rings. The van der Waals surface area contributed by atoms with Crippen molar-refractivity contribution in [1.82, 2.24) is 10.2 Å². The average molecular weight is 471 g/mol. The van der Waals surface area contributed by atoms with E-state index in [9.17, 15) is 9.00 Å². The molecule has 0 radical (unpaired) electrons. The number of nitrogens with one attached hydrogen (secondary N) is 1. The number of benzene rings is 2. The summed E-state index contributed by atoms with van der Waals surface area (Å²) < 4.78 is 18.0.